The summed E-state index contributed by atoms with van der Waals surface area (Å²) in [5.74, 6) is 0.262. The molecular weight excluding hydrogens is 332 g/mol. The number of rotatable bonds is 7. The van der Waals surface area contributed by atoms with E-state index in [4.69, 9.17) is 4.74 Å². The van der Waals surface area contributed by atoms with Crippen molar-refractivity contribution in [2.45, 2.75) is 19.9 Å². The van der Waals surface area contributed by atoms with Gasteiger partial charge < -0.3 is 14.4 Å². The molecule has 2 aromatic carbocycles. The van der Waals surface area contributed by atoms with Crippen molar-refractivity contribution in [1.82, 2.24) is 15.0 Å². The van der Waals surface area contributed by atoms with E-state index >= 15 is 0 Å². The Morgan fingerprint density at radius 1 is 1.35 bits per heavy atom. The molecule has 0 radical (unpaired) electrons. The molecule has 1 amide bonds. The molecule has 2 N–H and O–H groups in total. The topological polar surface area (TPSA) is 88.7 Å². The number of ether oxygens (including phenoxy) is 1. The van der Waals surface area contributed by atoms with Gasteiger partial charge in [-0.05, 0) is 42.8 Å². The minimum absolute atomic E-state index is 0.0700. The van der Waals surface area contributed by atoms with E-state index in [9.17, 15) is 9.90 Å². The summed E-state index contributed by atoms with van der Waals surface area (Å²) in [5, 5.41) is 13.6. The molecular formula is C19H20N4O3. The summed E-state index contributed by atoms with van der Waals surface area (Å²) < 4.78 is 7.25. The Kier molecular flexibility index (Phi) is 5.48. The predicted octanol–water partition coefficient (Wildman–Crippen LogP) is 2.68. The average Bonchev–Trinajstić information content (AvgIpc) is 3.06. The Labute approximate surface area is 150 Å². The van der Waals surface area contributed by atoms with Crippen LogP contribution in [0.2, 0.25) is 0 Å². The quantitative estimate of drug-likeness (QED) is 0.505. The Morgan fingerprint density at radius 3 is 3.04 bits per heavy atom. The van der Waals surface area contributed by atoms with Gasteiger partial charge in [-0.25, -0.2) is 10.4 Å². The average molecular weight is 352 g/mol. The molecule has 0 fully saturated rings. The molecule has 0 unspecified atom stereocenters. The van der Waals surface area contributed by atoms with Gasteiger partial charge in [-0.1, -0.05) is 12.1 Å². The van der Waals surface area contributed by atoms with Gasteiger partial charge in [0.1, 0.15) is 0 Å². The first-order valence-corrected chi connectivity index (χ1v) is 8.35. The molecule has 0 saturated heterocycles. The van der Waals surface area contributed by atoms with E-state index in [-0.39, 0.29) is 18.1 Å². The molecule has 0 saturated carbocycles. The largest absolute Gasteiger partial charge is 0.504 e. The lowest BCUT2D eigenvalue weighted by molar-refractivity contribution is -0.121. The molecule has 0 aliphatic rings. The second-order valence-electron chi connectivity index (χ2n) is 5.63. The minimum atomic E-state index is -0.192. The second kappa shape index (κ2) is 8.15. The monoisotopic (exact) mass is 352 g/mol. The van der Waals surface area contributed by atoms with Crippen LogP contribution in [-0.2, 0) is 11.3 Å². The zero-order chi connectivity index (χ0) is 18.4. The number of carbonyl (C=O) groups excluding carboxylic acids is 1. The summed E-state index contributed by atoms with van der Waals surface area (Å²) in [6.07, 6.45) is 3.52. The van der Waals surface area contributed by atoms with Crippen LogP contribution < -0.4 is 10.2 Å². The summed E-state index contributed by atoms with van der Waals surface area (Å²) in [6.45, 7) is 2.81. The molecule has 1 heterocycles. The van der Waals surface area contributed by atoms with Crippen LogP contribution in [0.5, 0.6) is 11.5 Å². The van der Waals surface area contributed by atoms with Crippen molar-refractivity contribution in [2.24, 2.45) is 5.10 Å². The van der Waals surface area contributed by atoms with Gasteiger partial charge in [-0.15, -0.1) is 0 Å². The van der Waals surface area contributed by atoms with E-state index < -0.39 is 0 Å². The van der Waals surface area contributed by atoms with Gasteiger partial charge in [-0.3, -0.25) is 4.79 Å². The molecule has 0 spiro atoms. The molecule has 0 aliphatic heterocycles. The Morgan fingerprint density at radius 2 is 2.19 bits per heavy atom. The number of aryl methyl sites for hydroxylation is 1. The standard InChI is InChI=1S/C19H20N4O3/c1-2-26-18-11-14(7-8-17(18)24)12-21-22-19(25)9-10-23-13-20-15-5-3-4-6-16(15)23/h3-8,11-13,24H,2,9-10H2,1H3,(H,22,25)/b21-12+. The number of aromatic hydroxyl groups is 1. The van der Waals surface area contributed by atoms with Crippen LogP contribution in [0.4, 0.5) is 0 Å². The number of hydrogen-bond donors (Lipinski definition) is 2. The molecule has 134 valence electrons. The number of para-hydroxylation sites is 2. The maximum absolute atomic E-state index is 12.0. The summed E-state index contributed by atoms with van der Waals surface area (Å²) >= 11 is 0. The fraction of sp³-hybridized carbons (Fsp3) is 0.211. The van der Waals surface area contributed by atoms with E-state index in [1.54, 1.807) is 18.5 Å². The second-order valence-corrected chi connectivity index (χ2v) is 5.63. The van der Waals surface area contributed by atoms with Crippen molar-refractivity contribution < 1.29 is 14.6 Å². The third-order valence-electron chi connectivity index (χ3n) is 3.79. The third kappa shape index (κ3) is 4.18. The van der Waals surface area contributed by atoms with Gasteiger partial charge in [0.25, 0.3) is 0 Å². The van der Waals surface area contributed by atoms with Crippen LogP contribution in [0.1, 0.15) is 18.9 Å². The first-order chi connectivity index (χ1) is 12.7. The first kappa shape index (κ1) is 17.5. The molecule has 7 nitrogen and oxygen atoms in total. The lowest BCUT2D eigenvalue weighted by Gasteiger charge is -2.06. The number of aromatic nitrogens is 2. The van der Waals surface area contributed by atoms with Crippen molar-refractivity contribution >= 4 is 23.2 Å². The van der Waals surface area contributed by atoms with Crippen LogP contribution in [0, 0.1) is 0 Å². The van der Waals surface area contributed by atoms with Gasteiger partial charge in [0.15, 0.2) is 11.5 Å². The van der Waals surface area contributed by atoms with Crippen molar-refractivity contribution in [3.05, 3.63) is 54.4 Å². The van der Waals surface area contributed by atoms with E-state index in [1.165, 1.54) is 12.3 Å². The highest BCUT2D eigenvalue weighted by atomic mass is 16.5. The molecule has 0 atom stereocenters. The predicted molar refractivity (Wildman–Crippen MR) is 99.4 cm³/mol. The Bertz CT molecular complexity index is 933. The van der Waals surface area contributed by atoms with Crippen LogP contribution in [0.25, 0.3) is 11.0 Å². The fourth-order valence-corrected chi connectivity index (χ4v) is 2.53. The van der Waals surface area contributed by atoms with E-state index in [1.807, 2.05) is 35.8 Å². The Hall–Kier alpha value is -3.35. The number of nitrogens with one attached hydrogen (secondary N) is 1. The number of phenols is 1. The number of phenolic OH excluding ortho intramolecular Hbond substituents is 1. The smallest absolute Gasteiger partial charge is 0.241 e. The first-order valence-electron chi connectivity index (χ1n) is 8.35. The molecule has 0 aliphatic carbocycles. The van der Waals surface area contributed by atoms with Crippen LogP contribution in [0.15, 0.2) is 53.9 Å². The zero-order valence-electron chi connectivity index (χ0n) is 14.4. The number of hydrazone groups is 1. The van der Waals surface area contributed by atoms with Gasteiger partial charge in [0.05, 0.1) is 30.2 Å². The van der Waals surface area contributed by atoms with Gasteiger partial charge in [0, 0.05) is 13.0 Å². The van der Waals surface area contributed by atoms with E-state index in [2.05, 4.69) is 15.5 Å². The SMILES string of the molecule is CCOc1cc(/C=N/NC(=O)CCn2cnc3ccccc32)ccc1O. The maximum Gasteiger partial charge on any atom is 0.241 e. The van der Waals surface area contributed by atoms with Crippen molar-refractivity contribution in [3.63, 3.8) is 0 Å². The summed E-state index contributed by atoms with van der Waals surface area (Å²) in [7, 11) is 0. The van der Waals surface area contributed by atoms with Crippen molar-refractivity contribution in [1.29, 1.82) is 0 Å². The third-order valence-corrected chi connectivity index (χ3v) is 3.79. The number of hydrogen-bond acceptors (Lipinski definition) is 5. The normalized spacial score (nSPS) is 11.1. The van der Waals surface area contributed by atoms with Crippen LogP contribution in [-0.4, -0.2) is 33.4 Å². The highest BCUT2D eigenvalue weighted by Gasteiger charge is 2.05. The molecule has 26 heavy (non-hydrogen) atoms. The van der Waals surface area contributed by atoms with E-state index in [0.29, 0.717) is 24.5 Å². The minimum Gasteiger partial charge on any atom is -0.504 e. The summed E-state index contributed by atoms with van der Waals surface area (Å²) in [5.41, 5.74) is 5.12. The fourth-order valence-electron chi connectivity index (χ4n) is 2.53. The maximum atomic E-state index is 12.0. The lowest BCUT2D eigenvalue weighted by Crippen LogP contribution is -2.19. The number of nitrogens with zero attached hydrogens (tertiary/aromatic N) is 3. The molecule has 3 rings (SSSR count). The number of benzene rings is 2. The lowest BCUT2D eigenvalue weighted by atomic mass is 10.2. The number of carbonyl (C=O) groups is 1. The van der Waals surface area contributed by atoms with Crippen molar-refractivity contribution in [3.8, 4) is 11.5 Å². The zero-order valence-corrected chi connectivity index (χ0v) is 14.4. The summed E-state index contributed by atoms with van der Waals surface area (Å²) in [6, 6.07) is 12.7. The highest BCUT2D eigenvalue weighted by Crippen LogP contribution is 2.26. The van der Waals surface area contributed by atoms with Crippen LogP contribution >= 0.6 is 0 Å². The Balaban J connectivity index is 1.54. The van der Waals surface area contributed by atoms with Gasteiger partial charge in [-0.2, -0.15) is 5.10 Å². The molecule has 0 bridgehead atoms. The summed E-state index contributed by atoms with van der Waals surface area (Å²) in [4.78, 5) is 16.3. The van der Waals surface area contributed by atoms with E-state index in [0.717, 1.165) is 11.0 Å². The number of fused-ring (bicyclic) bond motifs is 1. The molecule has 7 heteroatoms. The molecule has 3 aromatic rings. The van der Waals surface area contributed by atoms with Gasteiger partial charge in [0.2, 0.25) is 5.91 Å². The van der Waals surface area contributed by atoms with Gasteiger partial charge >= 0.3 is 0 Å². The molecule has 1 aromatic heterocycles. The number of amides is 1. The van der Waals surface area contributed by atoms with Crippen LogP contribution in [0.3, 0.4) is 0 Å². The number of imidazole rings is 1. The highest BCUT2D eigenvalue weighted by molar-refractivity contribution is 5.83. The van der Waals surface area contributed by atoms with Crippen molar-refractivity contribution in [2.75, 3.05) is 6.61 Å².